The van der Waals surface area contributed by atoms with Gasteiger partial charge in [0.2, 0.25) is 0 Å². The molecule has 1 N–H and O–H groups in total. The maximum absolute atomic E-state index is 10.3. The third-order valence-electron chi connectivity index (χ3n) is 5.72. The van der Waals surface area contributed by atoms with Crippen molar-refractivity contribution in [3.8, 4) is 0 Å². The second-order valence-corrected chi connectivity index (χ2v) is 9.15. The molecule has 0 aliphatic heterocycles. The van der Waals surface area contributed by atoms with Gasteiger partial charge in [0.25, 0.3) is 0 Å². The molecular formula is C30H56O3. The molecule has 0 unspecified atom stereocenters. The first-order valence-corrected chi connectivity index (χ1v) is 14.1. The van der Waals surface area contributed by atoms with Crippen molar-refractivity contribution in [2.45, 2.75) is 155 Å². The number of unbranched alkanes of at least 4 members (excludes halogenated alkanes) is 17. The third-order valence-corrected chi connectivity index (χ3v) is 5.72. The molecule has 0 saturated heterocycles. The first-order valence-electron chi connectivity index (χ1n) is 14.1. The molecule has 0 aliphatic rings. The van der Waals surface area contributed by atoms with Gasteiger partial charge in [-0.3, -0.25) is 4.79 Å². The van der Waals surface area contributed by atoms with E-state index in [0.717, 1.165) is 32.0 Å². The largest absolute Gasteiger partial charge is 0.481 e. The van der Waals surface area contributed by atoms with Gasteiger partial charge in [0.1, 0.15) is 6.29 Å². The summed E-state index contributed by atoms with van der Waals surface area (Å²) in [5.74, 6) is -0.666. The number of aliphatic carboxylic acids is 1. The van der Waals surface area contributed by atoms with Crippen molar-refractivity contribution in [2.75, 3.05) is 0 Å². The van der Waals surface area contributed by atoms with Crippen LogP contribution in [-0.4, -0.2) is 17.4 Å². The number of hydrogen-bond donors (Lipinski definition) is 1. The summed E-state index contributed by atoms with van der Waals surface area (Å²) < 4.78 is 0. The van der Waals surface area contributed by atoms with Crippen LogP contribution in [0.15, 0.2) is 24.3 Å². The van der Waals surface area contributed by atoms with Crippen molar-refractivity contribution in [1.82, 2.24) is 0 Å². The Morgan fingerprint density at radius 2 is 0.909 bits per heavy atom. The van der Waals surface area contributed by atoms with E-state index in [9.17, 15) is 9.59 Å². The fourth-order valence-corrected chi connectivity index (χ4v) is 3.58. The number of carboxylic acids is 1. The summed E-state index contributed by atoms with van der Waals surface area (Å²) in [7, 11) is 0. The van der Waals surface area contributed by atoms with E-state index in [0.29, 0.717) is 6.42 Å². The van der Waals surface area contributed by atoms with Crippen LogP contribution >= 0.6 is 0 Å². The lowest BCUT2D eigenvalue weighted by Crippen LogP contribution is -1.93. The maximum atomic E-state index is 10.3. The lowest BCUT2D eigenvalue weighted by molar-refractivity contribution is -0.137. The van der Waals surface area contributed by atoms with E-state index in [1.807, 2.05) is 0 Å². The Labute approximate surface area is 206 Å². The van der Waals surface area contributed by atoms with Crippen molar-refractivity contribution < 1.29 is 14.7 Å². The summed E-state index contributed by atoms with van der Waals surface area (Å²) in [6.45, 7) is 4.43. The van der Waals surface area contributed by atoms with E-state index in [2.05, 4.69) is 38.2 Å². The third kappa shape index (κ3) is 38.2. The Hall–Kier alpha value is -1.38. The van der Waals surface area contributed by atoms with Gasteiger partial charge in [-0.05, 0) is 51.4 Å². The Balaban J connectivity index is 0. The van der Waals surface area contributed by atoms with Crippen LogP contribution in [0.1, 0.15) is 155 Å². The molecule has 3 heteroatoms. The molecule has 0 saturated carbocycles. The summed E-state index contributed by atoms with van der Waals surface area (Å²) in [6.07, 6.45) is 36.1. The van der Waals surface area contributed by atoms with Crippen LogP contribution in [0, 0.1) is 0 Å². The van der Waals surface area contributed by atoms with Crippen LogP contribution in [0.4, 0.5) is 0 Å². The Morgan fingerprint density at radius 3 is 1.33 bits per heavy atom. The van der Waals surface area contributed by atoms with E-state index in [1.54, 1.807) is 0 Å². The highest BCUT2D eigenvalue weighted by Crippen LogP contribution is 2.10. The normalized spacial score (nSPS) is 11.1. The SMILES string of the molecule is CCC/C=C\CCCCCCCCC(=O)O.CCCC/C=C\CCCCCCCCCC=O. The van der Waals surface area contributed by atoms with Crippen molar-refractivity contribution in [3.05, 3.63) is 24.3 Å². The molecule has 0 amide bonds. The monoisotopic (exact) mass is 464 g/mol. The number of rotatable bonds is 24. The number of carboxylic acid groups (broad SMARTS) is 1. The fourth-order valence-electron chi connectivity index (χ4n) is 3.58. The second kappa shape index (κ2) is 32.8. The van der Waals surface area contributed by atoms with E-state index < -0.39 is 5.97 Å². The molecule has 0 rings (SSSR count). The van der Waals surface area contributed by atoms with Gasteiger partial charge >= 0.3 is 5.97 Å². The number of hydrogen-bond acceptors (Lipinski definition) is 2. The molecule has 3 nitrogen and oxygen atoms in total. The molecule has 0 fully saturated rings. The van der Waals surface area contributed by atoms with Crippen LogP contribution < -0.4 is 0 Å². The second-order valence-electron chi connectivity index (χ2n) is 9.15. The van der Waals surface area contributed by atoms with Crippen LogP contribution in [-0.2, 0) is 9.59 Å². The average molecular weight is 465 g/mol. The van der Waals surface area contributed by atoms with Crippen molar-refractivity contribution in [1.29, 1.82) is 0 Å². The summed E-state index contributed by atoms with van der Waals surface area (Å²) >= 11 is 0. The first kappa shape index (κ1) is 33.8. The van der Waals surface area contributed by atoms with Gasteiger partial charge in [0.15, 0.2) is 0 Å². The summed E-state index contributed by atoms with van der Waals surface area (Å²) in [6, 6.07) is 0. The van der Waals surface area contributed by atoms with Gasteiger partial charge in [0.05, 0.1) is 0 Å². The molecule has 0 heterocycles. The molecular weight excluding hydrogens is 408 g/mol. The zero-order valence-electron chi connectivity index (χ0n) is 22.2. The Bertz CT molecular complexity index is 440. The highest BCUT2D eigenvalue weighted by Gasteiger charge is 1.96. The topological polar surface area (TPSA) is 54.4 Å². The van der Waals surface area contributed by atoms with Gasteiger partial charge in [0, 0.05) is 12.8 Å². The van der Waals surface area contributed by atoms with Gasteiger partial charge < -0.3 is 9.90 Å². The molecule has 0 bridgehead atoms. The first-order chi connectivity index (χ1) is 16.2. The smallest absolute Gasteiger partial charge is 0.303 e. The predicted molar refractivity (Wildman–Crippen MR) is 145 cm³/mol. The fraction of sp³-hybridized carbons (Fsp3) is 0.800. The van der Waals surface area contributed by atoms with Crippen molar-refractivity contribution in [2.24, 2.45) is 0 Å². The van der Waals surface area contributed by atoms with E-state index >= 15 is 0 Å². The molecule has 0 spiro atoms. The Morgan fingerprint density at radius 1 is 0.515 bits per heavy atom. The van der Waals surface area contributed by atoms with Gasteiger partial charge in [-0.25, -0.2) is 0 Å². The van der Waals surface area contributed by atoms with Crippen LogP contribution in [0.3, 0.4) is 0 Å². The minimum atomic E-state index is -0.666. The van der Waals surface area contributed by atoms with Crippen LogP contribution in [0.5, 0.6) is 0 Å². The minimum Gasteiger partial charge on any atom is -0.481 e. The average Bonchev–Trinajstić information content (AvgIpc) is 2.81. The van der Waals surface area contributed by atoms with Gasteiger partial charge in [-0.1, -0.05) is 115 Å². The standard InChI is InChI=1S/C16H30O.C14H26O2/c1-2-3-4-5-6-7-8-9-10-11-12-13-14-15-16-17;1-2-3-4-5-6-7-8-9-10-11-12-13-14(15)16/h5-6,16H,2-4,7-15H2,1H3;4-5H,2-3,6-13H2,1H3,(H,15,16)/b6-5-;5-4-. The van der Waals surface area contributed by atoms with Crippen molar-refractivity contribution in [3.63, 3.8) is 0 Å². The Kier molecular flexibility index (Phi) is 33.6. The highest BCUT2D eigenvalue weighted by molar-refractivity contribution is 5.66. The lowest BCUT2D eigenvalue weighted by atomic mass is 10.1. The summed E-state index contributed by atoms with van der Waals surface area (Å²) in [5, 5.41) is 8.45. The molecule has 0 atom stereocenters. The van der Waals surface area contributed by atoms with Gasteiger partial charge in [-0.2, -0.15) is 0 Å². The molecule has 0 aromatic heterocycles. The number of aldehydes is 1. The molecule has 0 aliphatic carbocycles. The quantitative estimate of drug-likeness (QED) is 0.0878. The molecule has 33 heavy (non-hydrogen) atoms. The highest BCUT2D eigenvalue weighted by atomic mass is 16.4. The van der Waals surface area contributed by atoms with Crippen LogP contribution in [0.2, 0.25) is 0 Å². The van der Waals surface area contributed by atoms with E-state index in [-0.39, 0.29) is 0 Å². The number of carbonyl (C=O) groups excluding carboxylic acids is 1. The van der Waals surface area contributed by atoms with E-state index in [4.69, 9.17) is 5.11 Å². The van der Waals surface area contributed by atoms with Crippen molar-refractivity contribution >= 4 is 12.3 Å². The molecule has 0 aromatic rings. The summed E-state index contributed by atoms with van der Waals surface area (Å²) in [5.41, 5.74) is 0. The van der Waals surface area contributed by atoms with E-state index in [1.165, 1.54) is 109 Å². The van der Waals surface area contributed by atoms with Crippen LogP contribution in [0.25, 0.3) is 0 Å². The maximum Gasteiger partial charge on any atom is 0.303 e. The zero-order valence-corrected chi connectivity index (χ0v) is 22.2. The van der Waals surface area contributed by atoms with Gasteiger partial charge in [-0.15, -0.1) is 0 Å². The molecule has 0 radical (unpaired) electrons. The lowest BCUT2D eigenvalue weighted by Gasteiger charge is -1.99. The summed E-state index contributed by atoms with van der Waals surface area (Å²) in [4.78, 5) is 20.4. The molecule has 0 aromatic carbocycles. The number of carbonyl (C=O) groups is 2. The predicted octanol–water partition coefficient (Wildman–Crippen LogP) is 9.99. The number of allylic oxidation sites excluding steroid dienone is 4. The minimum absolute atomic E-state index is 0.333. The zero-order chi connectivity index (χ0) is 24.7. The molecule has 194 valence electrons.